The lowest BCUT2D eigenvalue weighted by molar-refractivity contribution is -0.121. The Bertz CT molecular complexity index is 402. The van der Waals surface area contributed by atoms with Gasteiger partial charge in [-0.05, 0) is 32.6 Å². The van der Waals surface area contributed by atoms with Crippen LogP contribution in [0.5, 0.6) is 0 Å². The van der Waals surface area contributed by atoms with Gasteiger partial charge in [0.25, 0.3) is 0 Å². The number of hydrogen-bond donors (Lipinski definition) is 2. The van der Waals surface area contributed by atoms with Crippen LogP contribution in [0, 0.1) is 6.92 Å². The largest absolute Gasteiger partial charge is 0.356 e. The minimum Gasteiger partial charge on any atom is -0.356 e. The third kappa shape index (κ3) is 11.4. The maximum absolute atomic E-state index is 10.6. The SMILES string of the molecule is Cc1ccccc1.O=C1CCCCCN1.O=C1CCCCCN1. The second-order valence-electron chi connectivity index (χ2n) is 5.98. The number of aryl methyl sites for hydroxylation is 1. The van der Waals surface area contributed by atoms with Gasteiger partial charge in [0.15, 0.2) is 0 Å². The molecule has 2 amide bonds. The van der Waals surface area contributed by atoms with E-state index in [2.05, 4.69) is 29.7 Å². The number of benzene rings is 1. The predicted molar refractivity (Wildman–Crippen MR) is 94.1 cm³/mol. The fraction of sp³-hybridized carbons (Fsp3) is 0.579. The minimum atomic E-state index is 0.225. The van der Waals surface area contributed by atoms with E-state index in [1.54, 1.807) is 0 Å². The average Bonchev–Trinajstić information content (AvgIpc) is 2.94. The zero-order valence-electron chi connectivity index (χ0n) is 14.3. The Morgan fingerprint density at radius 2 is 1.17 bits per heavy atom. The third-order valence-corrected chi connectivity index (χ3v) is 3.75. The molecule has 23 heavy (non-hydrogen) atoms. The van der Waals surface area contributed by atoms with Crippen LogP contribution >= 0.6 is 0 Å². The van der Waals surface area contributed by atoms with Gasteiger partial charge in [0, 0.05) is 25.9 Å². The molecule has 2 N–H and O–H groups in total. The first kappa shape index (κ1) is 19.2. The summed E-state index contributed by atoms with van der Waals surface area (Å²) in [6.45, 7) is 3.86. The molecule has 4 heteroatoms. The topological polar surface area (TPSA) is 58.2 Å². The van der Waals surface area contributed by atoms with Crippen LogP contribution in [0.1, 0.15) is 56.9 Å². The summed E-state index contributed by atoms with van der Waals surface area (Å²) in [5.74, 6) is 0.449. The van der Waals surface area contributed by atoms with Crippen molar-refractivity contribution >= 4 is 11.8 Å². The van der Waals surface area contributed by atoms with Gasteiger partial charge >= 0.3 is 0 Å². The fourth-order valence-corrected chi connectivity index (χ4v) is 2.34. The summed E-state index contributed by atoms with van der Waals surface area (Å²) in [5, 5.41) is 5.61. The molecule has 2 aliphatic heterocycles. The van der Waals surface area contributed by atoms with Crippen LogP contribution in [-0.2, 0) is 9.59 Å². The highest BCUT2D eigenvalue weighted by molar-refractivity contribution is 5.76. The molecule has 0 atom stereocenters. The minimum absolute atomic E-state index is 0.225. The van der Waals surface area contributed by atoms with Crippen LogP contribution < -0.4 is 10.6 Å². The smallest absolute Gasteiger partial charge is 0.219 e. The Morgan fingerprint density at radius 1 is 0.696 bits per heavy atom. The molecule has 128 valence electrons. The molecule has 0 bridgehead atoms. The van der Waals surface area contributed by atoms with Gasteiger partial charge in [0.2, 0.25) is 11.8 Å². The van der Waals surface area contributed by atoms with E-state index >= 15 is 0 Å². The molecule has 0 saturated carbocycles. The molecule has 4 nitrogen and oxygen atoms in total. The van der Waals surface area contributed by atoms with Crippen molar-refractivity contribution in [3.63, 3.8) is 0 Å². The highest BCUT2D eigenvalue weighted by Gasteiger charge is 2.04. The second kappa shape index (κ2) is 12.7. The number of amides is 2. The van der Waals surface area contributed by atoms with Crippen molar-refractivity contribution in [2.75, 3.05) is 13.1 Å². The first-order chi connectivity index (χ1) is 11.2. The molecule has 1 aromatic carbocycles. The number of carbonyl (C=O) groups is 2. The standard InChI is InChI=1S/C7H8.2C6H11NO/c1-7-5-3-2-4-6-7;2*8-6-4-2-1-3-5-7-6/h2-6H,1H3;2*1-5H2,(H,7,8). The summed E-state index contributed by atoms with van der Waals surface area (Å²) in [4.78, 5) is 21.1. The molecule has 2 fully saturated rings. The second-order valence-corrected chi connectivity index (χ2v) is 5.98. The zero-order chi connectivity index (χ0) is 16.8. The summed E-state index contributed by atoms with van der Waals surface area (Å²) in [6.07, 6.45) is 8.35. The summed E-state index contributed by atoms with van der Waals surface area (Å²) >= 11 is 0. The van der Waals surface area contributed by atoms with Crippen molar-refractivity contribution in [2.24, 2.45) is 0 Å². The molecule has 0 aliphatic carbocycles. The molecule has 0 spiro atoms. The summed E-state index contributed by atoms with van der Waals surface area (Å²) in [7, 11) is 0. The molecule has 1 aromatic rings. The Morgan fingerprint density at radius 3 is 1.57 bits per heavy atom. The highest BCUT2D eigenvalue weighted by Crippen LogP contribution is 2.02. The molecule has 2 aliphatic rings. The van der Waals surface area contributed by atoms with Crippen LogP contribution in [-0.4, -0.2) is 24.9 Å². The van der Waals surface area contributed by atoms with E-state index in [1.807, 2.05) is 18.2 Å². The molecule has 2 saturated heterocycles. The van der Waals surface area contributed by atoms with Gasteiger partial charge in [-0.15, -0.1) is 0 Å². The highest BCUT2D eigenvalue weighted by atomic mass is 16.2. The van der Waals surface area contributed by atoms with Crippen molar-refractivity contribution in [3.8, 4) is 0 Å². The van der Waals surface area contributed by atoms with Gasteiger partial charge in [0.1, 0.15) is 0 Å². The lowest BCUT2D eigenvalue weighted by Gasteiger charge is -1.93. The first-order valence-electron chi connectivity index (χ1n) is 8.73. The van der Waals surface area contributed by atoms with Gasteiger partial charge in [-0.2, -0.15) is 0 Å². The Hall–Kier alpha value is -1.84. The molecule has 0 radical (unpaired) electrons. The maximum Gasteiger partial charge on any atom is 0.219 e. The third-order valence-electron chi connectivity index (χ3n) is 3.75. The molecular weight excluding hydrogens is 288 g/mol. The van der Waals surface area contributed by atoms with Crippen molar-refractivity contribution in [2.45, 2.75) is 58.3 Å². The molecular formula is C19H30N2O2. The van der Waals surface area contributed by atoms with Crippen LogP contribution in [0.2, 0.25) is 0 Å². The van der Waals surface area contributed by atoms with E-state index in [1.165, 1.54) is 18.4 Å². The maximum atomic E-state index is 10.6. The zero-order valence-corrected chi connectivity index (χ0v) is 14.3. The number of carbonyl (C=O) groups excluding carboxylic acids is 2. The van der Waals surface area contributed by atoms with Gasteiger partial charge < -0.3 is 10.6 Å². The molecule has 2 heterocycles. The quantitative estimate of drug-likeness (QED) is 0.771. The van der Waals surface area contributed by atoms with Gasteiger partial charge in [0.05, 0.1) is 0 Å². The Labute approximate surface area is 140 Å². The Kier molecular flexibility index (Phi) is 10.6. The number of hydrogen-bond acceptors (Lipinski definition) is 2. The molecule has 0 unspecified atom stereocenters. The monoisotopic (exact) mass is 318 g/mol. The van der Waals surface area contributed by atoms with E-state index < -0.39 is 0 Å². The number of nitrogens with one attached hydrogen (secondary N) is 2. The van der Waals surface area contributed by atoms with Gasteiger partial charge in [-0.1, -0.05) is 48.7 Å². The lowest BCUT2D eigenvalue weighted by atomic mass is 10.2. The Balaban J connectivity index is 0.000000173. The van der Waals surface area contributed by atoms with E-state index in [4.69, 9.17) is 0 Å². The lowest BCUT2D eigenvalue weighted by Crippen LogP contribution is -2.21. The van der Waals surface area contributed by atoms with Crippen molar-refractivity contribution in [1.29, 1.82) is 0 Å². The first-order valence-corrected chi connectivity index (χ1v) is 8.73. The summed E-state index contributed by atoms with van der Waals surface area (Å²) in [5.41, 5.74) is 1.32. The van der Waals surface area contributed by atoms with E-state index in [0.717, 1.165) is 51.6 Å². The van der Waals surface area contributed by atoms with Crippen LogP contribution in [0.25, 0.3) is 0 Å². The average molecular weight is 318 g/mol. The van der Waals surface area contributed by atoms with Crippen molar-refractivity contribution < 1.29 is 9.59 Å². The van der Waals surface area contributed by atoms with Gasteiger partial charge in [-0.3, -0.25) is 9.59 Å². The molecule has 0 aromatic heterocycles. The fourth-order valence-electron chi connectivity index (χ4n) is 2.34. The normalized spacial score (nSPS) is 17.8. The van der Waals surface area contributed by atoms with Crippen LogP contribution in [0.4, 0.5) is 0 Å². The predicted octanol–water partition coefficient (Wildman–Crippen LogP) is 3.35. The van der Waals surface area contributed by atoms with E-state index in [9.17, 15) is 9.59 Å². The summed E-state index contributed by atoms with van der Waals surface area (Å²) < 4.78 is 0. The summed E-state index contributed by atoms with van der Waals surface area (Å²) in [6, 6.07) is 10.3. The number of rotatable bonds is 0. The van der Waals surface area contributed by atoms with E-state index in [-0.39, 0.29) is 11.8 Å². The van der Waals surface area contributed by atoms with Crippen LogP contribution in [0.3, 0.4) is 0 Å². The van der Waals surface area contributed by atoms with E-state index in [0.29, 0.717) is 0 Å². The van der Waals surface area contributed by atoms with Crippen molar-refractivity contribution in [3.05, 3.63) is 35.9 Å². The molecule has 3 rings (SSSR count). The van der Waals surface area contributed by atoms with Crippen LogP contribution in [0.15, 0.2) is 30.3 Å². The van der Waals surface area contributed by atoms with Gasteiger partial charge in [-0.25, -0.2) is 0 Å². The van der Waals surface area contributed by atoms with Crippen molar-refractivity contribution in [1.82, 2.24) is 10.6 Å².